The summed E-state index contributed by atoms with van der Waals surface area (Å²) in [7, 11) is 0. The average Bonchev–Trinajstić information content (AvgIpc) is 4.04. The largest absolute Gasteiger partial charge is 0.373 e. The van der Waals surface area contributed by atoms with E-state index in [-0.39, 0.29) is 11.8 Å². The summed E-state index contributed by atoms with van der Waals surface area (Å²) in [5, 5.41) is 14.7. The molecule has 4 saturated carbocycles. The van der Waals surface area contributed by atoms with E-state index >= 15 is 0 Å². The van der Waals surface area contributed by atoms with Crippen molar-refractivity contribution in [2.45, 2.75) is 98.1 Å². The molecule has 4 aliphatic carbocycles. The van der Waals surface area contributed by atoms with Crippen molar-refractivity contribution < 1.29 is 9.59 Å². The maximum atomic E-state index is 14.3. The Morgan fingerprint density at radius 3 is 1.84 bits per heavy atom. The molecule has 0 spiro atoms. The number of benzene rings is 1. The number of nitrogens with zero attached hydrogens (tertiary/aromatic N) is 4. The van der Waals surface area contributed by atoms with Crippen molar-refractivity contribution in [1.82, 2.24) is 40.9 Å². The van der Waals surface area contributed by atoms with E-state index in [4.69, 9.17) is 6.58 Å². The van der Waals surface area contributed by atoms with Crippen LogP contribution in [0.2, 0.25) is 0 Å². The van der Waals surface area contributed by atoms with Gasteiger partial charge in [-0.05, 0) is 123 Å². The SMILES string of the molecule is C=C(C1CC(C(=O)N2CCNCC2)CC(c2ccc3c(c2)C2CC(C4CC(C(=O)N5CCNCC5)CC(C5(N6CCNCC6)CC5)C4)CCC2S3)C1)N1CCNCC1. The van der Waals surface area contributed by atoms with Crippen LogP contribution in [-0.4, -0.2) is 147 Å². The summed E-state index contributed by atoms with van der Waals surface area (Å²) in [4.78, 5) is 39.7. The Labute approximate surface area is 352 Å². The second-order valence-electron chi connectivity index (χ2n) is 20.0. The van der Waals surface area contributed by atoms with E-state index in [1.54, 1.807) is 5.56 Å². The lowest BCUT2D eigenvalue weighted by atomic mass is 9.62. The predicted molar refractivity (Wildman–Crippen MR) is 233 cm³/mol. The Bertz CT molecular complexity index is 1610. The minimum absolute atomic E-state index is 0.0584. The van der Waals surface area contributed by atoms with E-state index in [1.165, 1.54) is 54.7 Å². The molecule has 4 saturated heterocycles. The number of carbonyl (C=O) groups excluding carboxylic acids is 2. The van der Waals surface area contributed by atoms with Crippen LogP contribution in [0.3, 0.4) is 0 Å². The molecular formula is C47H72N8O2S. The molecule has 1 aromatic rings. The molecule has 2 amide bonds. The Morgan fingerprint density at radius 1 is 0.621 bits per heavy atom. The lowest BCUT2D eigenvalue weighted by Gasteiger charge is -2.48. The fourth-order valence-corrected chi connectivity index (χ4v) is 15.1. The van der Waals surface area contributed by atoms with Gasteiger partial charge in [0.1, 0.15) is 0 Å². The smallest absolute Gasteiger partial charge is 0.225 e. The van der Waals surface area contributed by atoms with Gasteiger partial charge in [0.2, 0.25) is 11.8 Å². The molecule has 10 rings (SSSR count). The minimum Gasteiger partial charge on any atom is -0.373 e. The van der Waals surface area contributed by atoms with Crippen molar-refractivity contribution in [1.29, 1.82) is 0 Å². The molecule has 0 aromatic heterocycles. The molecule has 11 heteroatoms. The topological polar surface area (TPSA) is 95.2 Å². The maximum absolute atomic E-state index is 14.3. The molecule has 58 heavy (non-hydrogen) atoms. The molecule has 5 heterocycles. The number of carbonyl (C=O) groups is 2. The standard InChI is InChI=1S/C47H72N8O2S/c1-32(52-16-8-48-9-17-52)35-24-36(26-38(25-35)45(56)53-18-10-49-11-19-53)33-2-4-43-41(30-33)42-31-34(3-5-44(42)58-43)37-27-39(46(57)54-20-12-50-13-21-54)29-40(28-37)47(6-7-47)55-22-14-51-15-23-55/h2,4,30,34-40,42,44,48-51H,1,3,5-29,31H2. The van der Waals surface area contributed by atoms with Crippen molar-refractivity contribution in [3.05, 3.63) is 41.6 Å². The van der Waals surface area contributed by atoms with Crippen LogP contribution < -0.4 is 21.3 Å². The number of fused-ring (bicyclic) bond motifs is 3. The first-order valence-electron chi connectivity index (χ1n) is 23.8. The molecule has 0 bridgehead atoms. The van der Waals surface area contributed by atoms with Gasteiger partial charge in [0, 0.05) is 138 Å². The van der Waals surface area contributed by atoms with E-state index in [9.17, 15) is 9.59 Å². The normalized spacial score (nSPS) is 36.8. The third kappa shape index (κ3) is 8.03. The zero-order valence-corrected chi connectivity index (χ0v) is 36.1. The van der Waals surface area contributed by atoms with Crippen molar-refractivity contribution in [3.8, 4) is 0 Å². The number of hydrogen-bond donors (Lipinski definition) is 4. The molecule has 9 atom stereocenters. The van der Waals surface area contributed by atoms with Crippen LogP contribution in [0.5, 0.6) is 0 Å². The van der Waals surface area contributed by atoms with Crippen molar-refractivity contribution in [2.24, 2.45) is 35.5 Å². The predicted octanol–water partition coefficient (Wildman–Crippen LogP) is 4.30. The first kappa shape index (κ1) is 40.0. The van der Waals surface area contributed by atoms with Crippen molar-refractivity contribution in [2.75, 3.05) is 105 Å². The van der Waals surface area contributed by atoms with E-state index in [1.807, 2.05) is 0 Å². The number of allylic oxidation sites excluding steroid dienone is 1. The molecule has 5 aliphatic heterocycles. The van der Waals surface area contributed by atoms with Gasteiger partial charge >= 0.3 is 0 Å². The summed E-state index contributed by atoms with van der Waals surface area (Å²) < 4.78 is 0. The molecular weight excluding hydrogens is 741 g/mol. The number of rotatable bonds is 8. The van der Waals surface area contributed by atoms with Gasteiger partial charge in [0.05, 0.1) is 0 Å². The Morgan fingerprint density at radius 2 is 1.21 bits per heavy atom. The van der Waals surface area contributed by atoms with Gasteiger partial charge in [0.25, 0.3) is 0 Å². The van der Waals surface area contributed by atoms with Gasteiger partial charge in [0.15, 0.2) is 0 Å². The van der Waals surface area contributed by atoms with Crippen LogP contribution in [0.4, 0.5) is 0 Å². The second kappa shape index (κ2) is 17.3. The van der Waals surface area contributed by atoms with Crippen LogP contribution in [-0.2, 0) is 9.59 Å². The molecule has 8 fully saturated rings. The number of amides is 2. The van der Waals surface area contributed by atoms with E-state index in [0.717, 1.165) is 137 Å². The van der Waals surface area contributed by atoms with Crippen molar-refractivity contribution in [3.63, 3.8) is 0 Å². The summed E-state index contributed by atoms with van der Waals surface area (Å²) in [6.07, 6.45) is 13.0. The third-order valence-electron chi connectivity index (χ3n) is 16.9. The molecule has 9 unspecified atom stereocenters. The fourth-order valence-electron chi connectivity index (χ4n) is 13.6. The van der Waals surface area contributed by atoms with Crippen LogP contribution in [0.1, 0.15) is 93.6 Å². The molecule has 318 valence electrons. The van der Waals surface area contributed by atoms with E-state index in [2.05, 4.69) is 70.8 Å². The van der Waals surface area contributed by atoms with Crippen LogP contribution in [0, 0.1) is 35.5 Å². The fraction of sp³-hybridized carbons (Fsp3) is 0.787. The number of hydrogen-bond acceptors (Lipinski definition) is 9. The zero-order valence-electron chi connectivity index (χ0n) is 35.2. The average molecular weight is 813 g/mol. The van der Waals surface area contributed by atoms with Gasteiger partial charge in [-0.1, -0.05) is 18.7 Å². The van der Waals surface area contributed by atoms with Crippen molar-refractivity contribution >= 4 is 23.6 Å². The van der Waals surface area contributed by atoms with Gasteiger partial charge in [-0.2, -0.15) is 0 Å². The van der Waals surface area contributed by atoms with Crippen LogP contribution >= 0.6 is 11.8 Å². The Balaban J connectivity index is 0.884. The summed E-state index contributed by atoms with van der Waals surface area (Å²) in [6.45, 7) is 20.4. The first-order valence-corrected chi connectivity index (χ1v) is 24.7. The zero-order chi connectivity index (χ0) is 39.2. The molecule has 10 nitrogen and oxygen atoms in total. The number of piperazine rings is 4. The summed E-state index contributed by atoms with van der Waals surface area (Å²) in [5.74, 6) is 4.37. The summed E-state index contributed by atoms with van der Waals surface area (Å²) >= 11 is 2.16. The molecule has 1 aromatic carbocycles. The lowest BCUT2D eigenvalue weighted by molar-refractivity contribution is -0.139. The van der Waals surface area contributed by atoms with Crippen LogP contribution in [0.15, 0.2) is 35.4 Å². The second-order valence-corrected chi connectivity index (χ2v) is 21.3. The third-order valence-corrected chi connectivity index (χ3v) is 18.4. The first-order chi connectivity index (χ1) is 28.4. The Kier molecular flexibility index (Phi) is 11.9. The van der Waals surface area contributed by atoms with Gasteiger partial charge < -0.3 is 36.0 Å². The van der Waals surface area contributed by atoms with Gasteiger partial charge in [-0.15, -0.1) is 11.8 Å². The van der Waals surface area contributed by atoms with Gasteiger partial charge in [-0.3, -0.25) is 14.5 Å². The van der Waals surface area contributed by atoms with Gasteiger partial charge in [-0.25, -0.2) is 0 Å². The van der Waals surface area contributed by atoms with E-state index in [0.29, 0.717) is 58.1 Å². The number of nitrogens with one attached hydrogen (secondary N) is 4. The molecule has 4 N–H and O–H groups in total. The summed E-state index contributed by atoms with van der Waals surface area (Å²) in [5.41, 5.74) is 4.67. The summed E-state index contributed by atoms with van der Waals surface area (Å²) in [6, 6.07) is 7.54. The molecule has 0 radical (unpaired) electrons. The van der Waals surface area contributed by atoms with E-state index < -0.39 is 0 Å². The highest BCUT2D eigenvalue weighted by molar-refractivity contribution is 8.00. The number of thioether (sulfide) groups is 1. The molecule has 9 aliphatic rings. The van der Waals surface area contributed by atoms with Crippen LogP contribution in [0.25, 0.3) is 0 Å². The lowest BCUT2D eigenvalue weighted by Crippen LogP contribution is -2.55. The highest BCUT2D eigenvalue weighted by atomic mass is 32.2. The Hall–Kier alpha value is -2.15. The maximum Gasteiger partial charge on any atom is 0.225 e. The minimum atomic E-state index is 0.0584. The highest BCUT2D eigenvalue weighted by Crippen LogP contribution is 2.60. The monoisotopic (exact) mass is 813 g/mol. The highest BCUT2D eigenvalue weighted by Gasteiger charge is 2.57. The quantitative estimate of drug-likeness (QED) is 0.307.